The Kier molecular flexibility index (Phi) is 4.16. The Morgan fingerprint density at radius 2 is 2.08 bits per heavy atom. The van der Waals surface area contributed by atoms with Crippen molar-refractivity contribution in [3.63, 3.8) is 0 Å². The van der Waals surface area contributed by atoms with Gasteiger partial charge in [0.1, 0.15) is 17.8 Å². The summed E-state index contributed by atoms with van der Waals surface area (Å²) in [5.41, 5.74) is 1.72. The number of nitrogens with one attached hydrogen (secondary N) is 1. The molecule has 26 heavy (non-hydrogen) atoms. The predicted molar refractivity (Wildman–Crippen MR) is 95.4 cm³/mol. The number of carbonyl (C=O) groups is 2. The molecule has 6 heteroatoms. The maximum atomic E-state index is 12.7. The summed E-state index contributed by atoms with van der Waals surface area (Å²) in [5.74, 6) is 0.988. The monoisotopic (exact) mass is 349 g/mol. The average Bonchev–Trinajstić information content (AvgIpc) is 3.30. The molecule has 132 valence electrons. The second-order valence-electron chi connectivity index (χ2n) is 6.41. The maximum absolute atomic E-state index is 12.7. The lowest BCUT2D eigenvalue weighted by Gasteiger charge is -2.16. The number of fused-ring (bicyclic) bond motifs is 1. The number of amides is 1. The van der Waals surface area contributed by atoms with Crippen LogP contribution in [0.2, 0.25) is 0 Å². The number of hydrogen-bond acceptors (Lipinski definition) is 4. The number of aryl methyl sites for hydroxylation is 1. The topological polar surface area (TPSA) is 77.1 Å². The number of nitrogens with zero attached hydrogens (tertiary/aromatic N) is 2. The van der Waals surface area contributed by atoms with E-state index in [2.05, 4.69) is 10.3 Å². The molecule has 1 aliphatic carbocycles. The summed E-state index contributed by atoms with van der Waals surface area (Å²) in [6, 6.07) is 9.47. The lowest BCUT2D eigenvalue weighted by molar-refractivity contribution is 0.0917. The van der Waals surface area contributed by atoms with Gasteiger partial charge in [-0.1, -0.05) is 18.2 Å². The van der Waals surface area contributed by atoms with E-state index in [1.165, 1.54) is 6.26 Å². The van der Waals surface area contributed by atoms with Gasteiger partial charge in [-0.2, -0.15) is 0 Å². The van der Waals surface area contributed by atoms with Gasteiger partial charge in [0.15, 0.2) is 5.78 Å². The van der Waals surface area contributed by atoms with Crippen molar-refractivity contribution in [2.24, 2.45) is 0 Å². The lowest BCUT2D eigenvalue weighted by Crippen LogP contribution is -2.29. The summed E-state index contributed by atoms with van der Waals surface area (Å²) in [4.78, 5) is 29.3. The molecule has 3 aromatic rings. The van der Waals surface area contributed by atoms with Crippen LogP contribution in [0.3, 0.4) is 0 Å². The molecular formula is C20H19N3O3. The highest BCUT2D eigenvalue weighted by molar-refractivity contribution is 6.09. The lowest BCUT2D eigenvalue weighted by atomic mass is 9.94. The number of furan rings is 1. The van der Waals surface area contributed by atoms with E-state index in [1.54, 1.807) is 6.20 Å². The Morgan fingerprint density at radius 1 is 1.27 bits per heavy atom. The molecule has 2 heterocycles. The van der Waals surface area contributed by atoms with Crippen LogP contribution in [0.1, 0.15) is 58.1 Å². The minimum absolute atomic E-state index is 0.0245. The molecule has 0 fully saturated rings. The first-order chi connectivity index (χ1) is 12.6. The molecular weight excluding hydrogens is 330 g/mol. The van der Waals surface area contributed by atoms with Gasteiger partial charge in [0.05, 0.1) is 17.2 Å². The average molecular weight is 349 g/mol. The van der Waals surface area contributed by atoms with Crippen LogP contribution in [0.5, 0.6) is 0 Å². The highest BCUT2D eigenvalue weighted by atomic mass is 16.3. The number of ketones is 1. The van der Waals surface area contributed by atoms with Crippen LogP contribution in [0.4, 0.5) is 0 Å². The van der Waals surface area contributed by atoms with Gasteiger partial charge in [0, 0.05) is 30.9 Å². The molecule has 0 radical (unpaired) electrons. The Bertz CT molecular complexity index is 956. The van der Waals surface area contributed by atoms with Crippen molar-refractivity contribution in [3.05, 3.63) is 71.7 Å². The van der Waals surface area contributed by atoms with Gasteiger partial charge in [0.2, 0.25) is 0 Å². The maximum Gasteiger partial charge on any atom is 0.255 e. The van der Waals surface area contributed by atoms with E-state index in [-0.39, 0.29) is 17.7 Å². The predicted octanol–water partition coefficient (Wildman–Crippen LogP) is 3.48. The van der Waals surface area contributed by atoms with Crippen LogP contribution in [0.15, 0.2) is 53.4 Å². The Labute approximate surface area is 150 Å². The quantitative estimate of drug-likeness (QED) is 0.782. The van der Waals surface area contributed by atoms with E-state index in [1.807, 2.05) is 48.0 Å². The van der Waals surface area contributed by atoms with Crippen molar-refractivity contribution in [3.8, 4) is 5.69 Å². The van der Waals surface area contributed by atoms with Gasteiger partial charge in [-0.15, -0.1) is 0 Å². The Morgan fingerprint density at radius 3 is 2.88 bits per heavy atom. The smallest absolute Gasteiger partial charge is 0.255 e. The molecule has 4 rings (SSSR count). The summed E-state index contributed by atoms with van der Waals surface area (Å²) < 4.78 is 7.37. The fraction of sp³-hybridized carbons (Fsp3) is 0.250. The number of para-hydroxylation sites is 1. The second kappa shape index (κ2) is 6.63. The molecule has 2 aromatic heterocycles. The number of hydrogen-bond donors (Lipinski definition) is 1. The van der Waals surface area contributed by atoms with Gasteiger partial charge >= 0.3 is 0 Å². The van der Waals surface area contributed by atoms with Crippen molar-refractivity contribution in [1.82, 2.24) is 14.9 Å². The molecule has 0 bridgehead atoms. The van der Waals surface area contributed by atoms with Crippen LogP contribution >= 0.6 is 0 Å². The zero-order valence-electron chi connectivity index (χ0n) is 14.4. The van der Waals surface area contributed by atoms with Crippen LogP contribution in [-0.2, 0) is 6.42 Å². The van der Waals surface area contributed by atoms with Crippen LogP contribution < -0.4 is 5.32 Å². The highest BCUT2D eigenvalue weighted by Gasteiger charge is 2.28. The third-order valence-electron chi connectivity index (χ3n) is 4.64. The molecule has 0 saturated carbocycles. The minimum atomic E-state index is -0.332. The van der Waals surface area contributed by atoms with E-state index >= 15 is 0 Å². The molecule has 1 N–H and O–H groups in total. The molecule has 1 amide bonds. The van der Waals surface area contributed by atoms with E-state index in [9.17, 15) is 9.59 Å². The van der Waals surface area contributed by atoms with Crippen LogP contribution in [0, 0.1) is 0 Å². The third kappa shape index (κ3) is 2.83. The molecule has 0 saturated heterocycles. The Balaban J connectivity index is 1.58. The molecule has 0 aliphatic heterocycles. The molecule has 1 aliphatic rings. The van der Waals surface area contributed by atoms with Gasteiger partial charge in [0.25, 0.3) is 5.91 Å². The summed E-state index contributed by atoms with van der Waals surface area (Å²) in [6.07, 6.45) is 6.87. The van der Waals surface area contributed by atoms with Gasteiger partial charge in [-0.05, 0) is 25.5 Å². The second-order valence-corrected chi connectivity index (χ2v) is 6.41. The van der Waals surface area contributed by atoms with E-state index in [4.69, 9.17) is 4.42 Å². The van der Waals surface area contributed by atoms with Crippen molar-refractivity contribution in [2.45, 2.75) is 32.2 Å². The first-order valence-electron chi connectivity index (χ1n) is 8.68. The fourth-order valence-electron chi connectivity index (χ4n) is 3.37. The number of imidazole rings is 1. The largest absolute Gasteiger partial charge is 0.468 e. The van der Waals surface area contributed by atoms with E-state index in [0.717, 1.165) is 12.1 Å². The minimum Gasteiger partial charge on any atom is -0.468 e. The number of benzene rings is 1. The number of Topliss-reactive ketones (excluding diaryl/α,β-unsaturated/α-hetero) is 1. The van der Waals surface area contributed by atoms with Crippen molar-refractivity contribution in [1.29, 1.82) is 0 Å². The molecule has 0 spiro atoms. The summed E-state index contributed by atoms with van der Waals surface area (Å²) in [5, 5.41) is 2.93. The zero-order valence-corrected chi connectivity index (χ0v) is 14.4. The normalized spacial score (nSPS) is 14.7. The van der Waals surface area contributed by atoms with Crippen LogP contribution in [0.25, 0.3) is 5.69 Å². The van der Waals surface area contributed by atoms with Gasteiger partial charge in [-0.3, -0.25) is 9.59 Å². The van der Waals surface area contributed by atoms with E-state index in [0.29, 0.717) is 35.6 Å². The molecule has 1 atom stereocenters. The van der Waals surface area contributed by atoms with Crippen LogP contribution in [-0.4, -0.2) is 21.2 Å². The number of carbonyl (C=O) groups excluding carboxylic acids is 2. The highest BCUT2D eigenvalue weighted by Crippen LogP contribution is 2.27. The number of aromatic nitrogens is 2. The van der Waals surface area contributed by atoms with E-state index < -0.39 is 0 Å². The summed E-state index contributed by atoms with van der Waals surface area (Å²) >= 11 is 0. The SMILES string of the molecule is CC(NC(=O)c1coc2c1C(=O)CCC2)c1nccn1-c1ccccc1. The fourth-order valence-corrected chi connectivity index (χ4v) is 3.37. The van der Waals surface area contributed by atoms with Crippen molar-refractivity contribution < 1.29 is 14.0 Å². The van der Waals surface area contributed by atoms with Gasteiger partial charge < -0.3 is 14.3 Å². The van der Waals surface area contributed by atoms with Crippen molar-refractivity contribution in [2.75, 3.05) is 0 Å². The summed E-state index contributed by atoms with van der Waals surface area (Å²) in [6.45, 7) is 1.87. The zero-order chi connectivity index (χ0) is 18.1. The molecule has 1 aromatic carbocycles. The number of rotatable bonds is 4. The first kappa shape index (κ1) is 16.3. The van der Waals surface area contributed by atoms with Gasteiger partial charge in [-0.25, -0.2) is 4.98 Å². The first-order valence-corrected chi connectivity index (χ1v) is 8.68. The third-order valence-corrected chi connectivity index (χ3v) is 4.64. The van der Waals surface area contributed by atoms with Crippen molar-refractivity contribution >= 4 is 11.7 Å². The Hall–Kier alpha value is -3.15. The molecule has 1 unspecified atom stereocenters. The summed E-state index contributed by atoms with van der Waals surface area (Å²) in [7, 11) is 0. The standard InChI is InChI=1S/C20H19N3O3/c1-13(19-21-10-11-23(19)14-6-3-2-4-7-14)22-20(25)15-12-26-17-9-5-8-16(24)18(15)17/h2-4,6-7,10-13H,5,8-9H2,1H3,(H,22,25). The molecule has 6 nitrogen and oxygen atoms in total.